The molecule has 6 atom stereocenters. The van der Waals surface area contributed by atoms with E-state index in [1.54, 1.807) is 32.1 Å². The first-order valence-electron chi connectivity index (χ1n) is 18.9. The van der Waals surface area contributed by atoms with Crippen LogP contribution >= 0.6 is 11.8 Å². The van der Waals surface area contributed by atoms with Gasteiger partial charge < -0.3 is 42.2 Å². The number of fused-ring (bicyclic) bond motifs is 1. The van der Waals surface area contributed by atoms with Crippen LogP contribution in [0.5, 0.6) is 0 Å². The van der Waals surface area contributed by atoms with E-state index in [0.717, 1.165) is 27.1 Å². The summed E-state index contributed by atoms with van der Waals surface area (Å²) in [5.41, 5.74) is 14.5. The maximum Gasteiger partial charge on any atom is 0.248 e. The highest BCUT2D eigenvalue weighted by atomic mass is 32.2. The van der Waals surface area contributed by atoms with Gasteiger partial charge in [0.25, 0.3) is 0 Å². The summed E-state index contributed by atoms with van der Waals surface area (Å²) in [6.07, 6.45) is 9.83. The number of hydrogen-bond acceptors (Lipinski definition) is 10. The number of pyridine rings is 1. The second-order valence-corrected chi connectivity index (χ2v) is 15.2. The minimum atomic E-state index is -0.878. The largest absolute Gasteiger partial charge is 0.378 e. The number of thioether (sulfide) groups is 1. The van der Waals surface area contributed by atoms with Crippen molar-refractivity contribution < 1.29 is 14.4 Å². The Labute approximate surface area is 325 Å². The zero-order chi connectivity index (χ0) is 39.6. The lowest BCUT2D eigenvalue weighted by molar-refractivity contribution is -0.141. The summed E-state index contributed by atoms with van der Waals surface area (Å²) in [7, 11) is 5.20. The van der Waals surface area contributed by atoms with Crippen molar-refractivity contribution in [1.82, 2.24) is 35.7 Å². The molecule has 8 N–H and O–H groups in total. The van der Waals surface area contributed by atoms with Crippen LogP contribution in [0.15, 0.2) is 71.6 Å². The highest BCUT2D eigenvalue weighted by Gasteiger charge is 2.34. The van der Waals surface area contributed by atoms with E-state index in [1.807, 2.05) is 55.8 Å². The Balaban J connectivity index is 1.82. The summed E-state index contributed by atoms with van der Waals surface area (Å²) < 4.78 is 0. The fourth-order valence-electron chi connectivity index (χ4n) is 6.32. The summed E-state index contributed by atoms with van der Waals surface area (Å²) in [5.74, 6) is -0.701. The Morgan fingerprint density at radius 1 is 0.981 bits per heavy atom. The number of hydrogen-bond donors (Lipinski definition) is 6. The SMILES string of the molecule is C=CN(C)C(C)[C@@H](C)[C@H](C)Sc1ncccc1CN[C@@H](CCCN)C(=O)N[C@@H](CCCCN)C(=O)N(C)[C@@H](Cc1c[nH]c2ccccc12)C(=O)NC=NC. The van der Waals surface area contributed by atoms with Crippen molar-refractivity contribution in [2.45, 2.75) is 100 Å². The summed E-state index contributed by atoms with van der Waals surface area (Å²) >= 11 is 1.72. The summed E-state index contributed by atoms with van der Waals surface area (Å²) in [5, 5.41) is 11.3. The third-order valence-electron chi connectivity index (χ3n) is 10.2. The van der Waals surface area contributed by atoms with Crippen molar-refractivity contribution in [2.75, 3.05) is 34.2 Å². The Hall–Kier alpha value is -4.24. The average Bonchev–Trinajstić information content (AvgIpc) is 3.60. The number of likely N-dealkylation sites (N-methyl/N-ethyl adjacent to an activating group) is 1. The lowest BCUT2D eigenvalue weighted by Gasteiger charge is -2.32. The van der Waals surface area contributed by atoms with Gasteiger partial charge >= 0.3 is 0 Å². The molecule has 0 bridgehead atoms. The first kappa shape index (κ1) is 44.2. The first-order valence-corrected chi connectivity index (χ1v) is 19.8. The smallest absolute Gasteiger partial charge is 0.248 e. The maximum absolute atomic E-state index is 14.3. The van der Waals surface area contributed by atoms with Crippen LogP contribution in [-0.4, -0.2) is 107 Å². The molecule has 13 nitrogen and oxygen atoms in total. The molecule has 2 heterocycles. The highest BCUT2D eigenvalue weighted by molar-refractivity contribution is 7.99. The van der Waals surface area contributed by atoms with Gasteiger partial charge in [-0.2, -0.15) is 0 Å². The molecule has 54 heavy (non-hydrogen) atoms. The van der Waals surface area contributed by atoms with Crippen molar-refractivity contribution in [3.63, 3.8) is 0 Å². The predicted molar refractivity (Wildman–Crippen MR) is 221 cm³/mol. The highest BCUT2D eigenvalue weighted by Crippen LogP contribution is 2.31. The molecule has 1 aromatic carbocycles. The number of aromatic amines is 1. The summed E-state index contributed by atoms with van der Waals surface area (Å²) in [6, 6.07) is 9.66. The van der Waals surface area contributed by atoms with Crippen LogP contribution in [0.4, 0.5) is 0 Å². The molecule has 1 unspecified atom stereocenters. The number of aromatic nitrogens is 2. The number of aliphatic imine (C=N–C) groups is 1. The molecule has 0 aliphatic carbocycles. The molecular weight excluding hydrogens is 701 g/mol. The Morgan fingerprint density at radius 2 is 1.70 bits per heavy atom. The zero-order valence-electron chi connectivity index (χ0n) is 32.9. The fourth-order valence-corrected chi connectivity index (χ4v) is 7.53. The van der Waals surface area contributed by atoms with Crippen LogP contribution in [-0.2, 0) is 27.3 Å². The van der Waals surface area contributed by atoms with E-state index in [-0.39, 0.29) is 29.4 Å². The predicted octanol–water partition coefficient (Wildman–Crippen LogP) is 3.80. The van der Waals surface area contributed by atoms with E-state index in [4.69, 9.17) is 16.5 Å². The van der Waals surface area contributed by atoms with E-state index < -0.39 is 18.1 Å². The van der Waals surface area contributed by atoms with E-state index in [0.29, 0.717) is 63.7 Å². The fraction of sp³-hybridized carbons (Fsp3) is 0.525. The van der Waals surface area contributed by atoms with Gasteiger partial charge in [-0.05, 0) is 87.5 Å². The third kappa shape index (κ3) is 12.7. The van der Waals surface area contributed by atoms with E-state index in [2.05, 4.69) is 58.2 Å². The molecule has 14 heteroatoms. The number of unbranched alkanes of at least 4 members (excludes halogenated alkanes) is 1. The number of nitrogens with two attached hydrogens (primary N) is 2. The molecule has 3 rings (SSSR count). The molecule has 0 aliphatic rings. The number of amides is 3. The van der Waals surface area contributed by atoms with Gasteiger partial charge in [-0.15, -0.1) is 11.8 Å². The molecule has 2 aromatic heterocycles. The van der Waals surface area contributed by atoms with Gasteiger partial charge in [0.05, 0.1) is 12.4 Å². The Kier molecular flexibility index (Phi) is 18.7. The third-order valence-corrected chi connectivity index (χ3v) is 11.6. The van der Waals surface area contributed by atoms with Gasteiger partial charge in [-0.3, -0.25) is 19.4 Å². The molecule has 3 aromatic rings. The van der Waals surface area contributed by atoms with Crippen LogP contribution in [0, 0.1) is 5.92 Å². The van der Waals surface area contributed by atoms with Crippen molar-refractivity contribution in [1.29, 1.82) is 0 Å². The molecule has 3 amide bonds. The van der Waals surface area contributed by atoms with Crippen molar-refractivity contribution >= 4 is 46.7 Å². The van der Waals surface area contributed by atoms with Gasteiger partial charge in [0.2, 0.25) is 17.7 Å². The van der Waals surface area contributed by atoms with E-state index in [9.17, 15) is 14.4 Å². The monoisotopic (exact) mass is 762 g/mol. The minimum Gasteiger partial charge on any atom is -0.378 e. The second-order valence-electron chi connectivity index (χ2n) is 13.9. The molecule has 0 saturated heterocycles. The van der Waals surface area contributed by atoms with Crippen LogP contribution < -0.4 is 27.4 Å². The minimum absolute atomic E-state index is 0.256. The number of carbonyl (C=O) groups is 3. The van der Waals surface area contributed by atoms with Gasteiger partial charge in [-0.25, -0.2) is 4.98 Å². The Morgan fingerprint density at radius 3 is 2.41 bits per heavy atom. The first-order chi connectivity index (χ1) is 26.0. The second kappa shape index (κ2) is 22.9. The van der Waals surface area contributed by atoms with Gasteiger partial charge in [0, 0.05) is 68.7 Å². The van der Waals surface area contributed by atoms with Crippen LogP contribution in [0.25, 0.3) is 10.9 Å². The van der Waals surface area contributed by atoms with Crippen LogP contribution in [0.1, 0.15) is 64.0 Å². The van der Waals surface area contributed by atoms with Gasteiger partial charge in [0.15, 0.2) is 0 Å². The number of nitrogens with zero attached hydrogens (tertiary/aromatic N) is 4. The molecule has 0 saturated carbocycles. The standard InChI is InChI=1S/C40H62N10O3S/c1-8-49(6)28(3)27(2)29(4)54-39-30(15-14-22-44-39)24-46-34(19-13-21-42)37(51)48-35(18-11-12-20-41)40(53)50(7)36(38(52)47-26-43-5)23-31-25-45-33-17-10-9-16-32(31)33/h8-10,14-17,22,25-29,34-36,45-46H,1,11-13,18-21,23-24,41-42H2,2-7H3,(H,48,51)(H,43,47,52)/t27-,28?,29+,34+,35+,36+/m1/s1. The molecular formula is C40H62N10O3S. The summed E-state index contributed by atoms with van der Waals surface area (Å²) in [6.45, 7) is 11.8. The van der Waals surface area contributed by atoms with Crippen molar-refractivity contribution in [3.8, 4) is 0 Å². The number of benzene rings is 1. The normalized spacial score (nSPS) is 14.9. The number of H-pyrrole nitrogens is 1. The molecule has 0 radical (unpaired) electrons. The Bertz CT molecular complexity index is 1670. The number of rotatable bonds is 24. The average molecular weight is 763 g/mol. The van der Waals surface area contributed by atoms with E-state index in [1.165, 1.54) is 11.2 Å². The molecule has 0 fully saturated rings. The lowest BCUT2D eigenvalue weighted by Crippen LogP contribution is -2.57. The van der Waals surface area contributed by atoms with Gasteiger partial charge in [-0.1, -0.05) is 44.7 Å². The van der Waals surface area contributed by atoms with Crippen molar-refractivity contribution in [3.05, 3.63) is 72.7 Å². The number of para-hydroxylation sites is 1. The number of carbonyl (C=O) groups excluding carboxylic acids is 3. The number of nitrogens with one attached hydrogen (secondary N) is 4. The van der Waals surface area contributed by atoms with Crippen LogP contribution in [0.2, 0.25) is 0 Å². The van der Waals surface area contributed by atoms with Crippen molar-refractivity contribution in [2.24, 2.45) is 22.4 Å². The van der Waals surface area contributed by atoms with Crippen LogP contribution in [0.3, 0.4) is 0 Å². The molecule has 0 aliphatic heterocycles. The van der Waals surface area contributed by atoms with E-state index >= 15 is 0 Å². The maximum atomic E-state index is 14.3. The quantitative estimate of drug-likeness (QED) is 0.0342. The zero-order valence-corrected chi connectivity index (χ0v) is 33.7. The molecule has 296 valence electrons. The molecule has 0 spiro atoms. The topological polar surface area (TPSA) is 187 Å². The van der Waals surface area contributed by atoms with Gasteiger partial charge in [0.1, 0.15) is 17.1 Å². The lowest BCUT2D eigenvalue weighted by atomic mass is 9.99. The summed E-state index contributed by atoms with van der Waals surface area (Å²) in [4.78, 5) is 57.3.